The van der Waals surface area contributed by atoms with Gasteiger partial charge in [0.25, 0.3) is 10.1 Å². The molecule has 0 unspecified atom stereocenters. The number of nitrogen functional groups attached to an aromatic ring is 1. The van der Waals surface area contributed by atoms with Crippen LogP contribution in [0.25, 0.3) is 0 Å². The largest absolute Gasteiger partial charge is 0.368 e. The molecule has 20 heavy (non-hydrogen) atoms. The van der Waals surface area contributed by atoms with Crippen LogP contribution in [0.5, 0.6) is 0 Å². The molecule has 0 aliphatic carbocycles. The molecular formula is C12H14N4O3S. The maximum absolute atomic E-state index is 11.2. The van der Waals surface area contributed by atoms with Crippen LogP contribution in [-0.2, 0) is 10.1 Å². The normalized spacial score (nSPS) is 12.2. The highest BCUT2D eigenvalue weighted by Gasteiger charge is 2.13. The molecule has 0 fully saturated rings. The SMILES string of the molecule is Cc1cn(N=Cc2ccc(C)c(S(=O)(=O)O)c2)c(N)n1. The average molecular weight is 294 g/mol. The summed E-state index contributed by atoms with van der Waals surface area (Å²) in [5.41, 5.74) is 7.34. The number of hydrogen-bond acceptors (Lipinski definition) is 5. The molecule has 1 heterocycles. The van der Waals surface area contributed by atoms with E-state index in [1.165, 1.54) is 17.0 Å². The Bertz CT molecular complexity index is 778. The summed E-state index contributed by atoms with van der Waals surface area (Å²) < 4.78 is 32.9. The molecule has 0 bridgehead atoms. The summed E-state index contributed by atoms with van der Waals surface area (Å²) in [4.78, 5) is 3.84. The first kappa shape index (κ1) is 14.2. The molecule has 0 amide bonds. The molecule has 1 aromatic heterocycles. The Balaban J connectivity index is 2.38. The lowest BCUT2D eigenvalue weighted by Crippen LogP contribution is -2.02. The van der Waals surface area contributed by atoms with Crippen molar-refractivity contribution in [2.24, 2.45) is 5.10 Å². The van der Waals surface area contributed by atoms with Gasteiger partial charge in [-0.3, -0.25) is 4.55 Å². The van der Waals surface area contributed by atoms with Gasteiger partial charge in [-0.15, -0.1) is 0 Å². The van der Waals surface area contributed by atoms with Gasteiger partial charge in [0.2, 0.25) is 5.95 Å². The van der Waals surface area contributed by atoms with Crippen LogP contribution >= 0.6 is 0 Å². The first-order valence-electron chi connectivity index (χ1n) is 5.71. The highest BCUT2D eigenvalue weighted by molar-refractivity contribution is 7.85. The molecule has 2 aromatic rings. The molecule has 0 saturated heterocycles. The fourth-order valence-electron chi connectivity index (χ4n) is 1.70. The Hall–Kier alpha value is -2.19. The standard InChI is InChI=1S/C12H14N4O3S/c1-8-3-4-10(5-11(8)20(17,18)19)6-14-16-7-9(2)15-12(16)13/h3-7H,1-2H3,(H2,13,15)(H,17,18,19). The van der Waals surface area contributed by atoms with Crippen molar-refractivity contribution in [3.8, 4) is 0 Å². The fraction of sp³-hybridized carbons (Fsp3) is 0.167. The van der Waals surface area contributed by atoms with Gasteiger partial charge >= 0.3 is 0 Å². The van der Waals surface area contributed by atoms with Crippen LogP contribution in [0.2, 0.25) is 0 Å². The van der Waals surface area contributed by atoms with Crippen molar-refractivity contribution in [2.45, 2.75) is 18.7 Å². The molecule has 8 heteroatoms. The zero-order valence-corrected chi connectivity index (χ0v) is 11.8. The Labute approximate surface area is 116 Å². The first-order chi connectivity index (χ1) is 9.27. The molecule has 3 N–H and O–H groups in total. The van der Waals surface area contributed by atoms with Gasteiger partial charge in [0.15, 0.2) is 0 Å². The minimum Gasteiger partial charge on any atom is -0.368 e. The molecular weight excluding hydrogens is 280 g/mol. The molecule has 106 valence electrons. The minimum absolute atomic E-state index is 0.142. The average Bonchev–Trinajstić information content (AvgIpc) is 2.65. The zero-order chi connectivity index (χ0) is 14.9. The number of nitrogens with zero attached hydrogens (tertiary/aromatic N) is 3. The lowest BCUT2D eigenvalue weighted by atomic mass is 10.2. The van der Waals surface area contributed by atoms with E-state index in [0.29, 0.717) is 11.1 Å². The van der Waals surface area contributed by atoms with E-state index in [4.69, 9.17) is 10.3 Å². The van der Waals surface area contributed by atoms with Crippen molar-refractivity contribution in [2.75, 3.05) is 5.73 Å². The molecule has 0 atom stereocenters. The van der Waals surface area contributed by atoms with Crippen molar-refractivity contribution >= 4 is 22.3 Å². The summed E-state index contributed by atoms with van der Waals surface area (Å²) in [6.45, 7) is 3.38. The van der Waals surface area contributed by atoms with E-state index in [-0.39, 0.29) is 10.8 Å². The van der Waals surface area contributed by atoms with Crippen LogP contribution in [0, 0.1) is 13.8 Å². The van der Waals surface area contributed by atoms with Crippen LogP contribution in [0.1, 0.15) is 16.8 Å². The van der Waals surface area contributed by atoms with Gasteiger partial charge < -0.3 is 5.73 Å². The Morgan fingerprint density at radius 1 is 1.40 bits per heavy atom. The number of rotatable bonds is 3. The van der Waals surface area contributed by atoms with Crippen molar-refractivity contribution in [1.82, 2.24) is 9.66 Å². The molecule has 0 aliphatic rings. The van der Waals surface area contributed by atoms with E-state index in [0.717, 1.165) is 5.69 Å². The van der Waals surface area contributed by atoms with Crippen LogP contribution in [-0.4, -0.2) is 28.8 Å². The Morgan fingerprint density at radius 2 is 2.10 bits per heavy atom. The van der Waals surface area contributed by atoms with Crippen molar-refractivity contribution in [3.05, 3.63) is 41.2 Å². The number of anilines is 1. The lowest BCUT2D eigenvalue weighted by Gasteiger charge is -2.03. The highest BCUT2D eigenvalue weighted by atomic mass is 32.2. The third-order valence-corrected chi connectivity index (χ3v) is 3.65. The van der Waals surface area contributed by atoms with E-state index in [9.17, 15) is 8.42 Å². The van der Waals surface area contributed by atoms with Crippen LogP contribution in [0.3, 0.4) is 0 Å². The van der Waals surface area contributed by atoms with Crippen molar-refractivity contribution in [3.63, 3.8) is 0 Å². The lowest BCUT2D eigenvalue weighted by molar-refractivity contribution is 0.482. The predicted octanol–water partition coefficient (Wildman–Crippen LogP) is 1.21. The third-order valence-electron chi connectivity index (χ3n) is 2.66. The topological polar surface area (TPSA) is 111 Å². The number of aromatic nitrogens is 2. The van der Waals surface area contributed by atoms with E-state index in [1.54, 1.807) is 32.2 Å². The summed E-state index contributed by atoms with van der Waals surface area (Å²) in [5, 5.41) is 4.08. The third kappa shape index (κ3) is 3.03. The molecule has 0 radical (unpaired) electrons. The first-order valence-corrected chi connectivity index (χ1v) is 7.15. The molecule has 0 spiro atoms. The second-order valence-corrected chi connectivity index (χ2v) is 5.72. The minimum atomic E-state index is -4.25. The number of hydrogen-bond donors (Lipinski definition) is 2. The van der Waals surface area contributed by atoms with E-state index in [2.05, 4.69) is 10.1 Å². The van der Waals surface area contributed by atoms with E-state index < -0.39 is 10.1 Å². The number of benzene rings is 1. The van der Waals surface area contributed by atoms with Crippen molar-refractivity contribution < 1.29 is 13.0 Å². The quantitative estimate of drug-likeness (QED) is 0.653. The van der Waals surface area contributed by atoms with Gasteiger partial charge in [0.05, 0.1) is 23.0 Å². The highest BCUT2D eigenvalue weighted by Crippen LogP contribution is 2.16. The molecule has 0 saturated carbocycles. The summed E-state index contributed by atoms with van der Waals surface area (Å²) in [5.74, 6) is 0.237. The maximum atomic E-state index is 11.2. The predicted molar refractivity (Wildman–Crippen MR) is 75.4 cm³/mol. The zero-order valence-electron chi connectivity index (χ0n) is 11.0. The summed E-state index contributed by atoms with van der Waals surface area (Å²) >= 11 is 0. The van der Waals surface area contributed by atoms with Gasteiger partial charge in [-0.25, -0.2) is 9.66 Å². The number of nitrogens with two attached hydrogens (primary N) is 1. The number of aryl methyl sites for hydroxylation is 2. The van der Waals surface area contributed by atoms with Crippen LogP contribution in [0.4, 0.5) is 5.95 Å². The Kier molecular flexibility index (Phi) is 3.60. The fourth-order valence-corrected chi connectivity index (χ4v) is 2.46. The van der Waals surface area contributed by atoms with Gasteiger partial charge in [-0.05, 0) is 31.0 Å². The van der Waals surface area contributed by atoms with Crippen molar-refractivity contribution in [1.29, 1.82) is 0 Å². The summed E-state index contributed by atoms with van der Waals surface area (Å²) in [6.07, 6.45) is 3.08. The van der Waals surface area contributed by atoms with Gasteiger partial charge in [-0.1, -0.05) is 12.1 Å². The van der Waals surface area contributed by atoms with E-state index in [1.807, 2.05) is 0 Å². The summed E-state index contributed by atoms with van der Waals surface area (Å²) in [6, 6.07) is 4.62. The maximum Gasteiger partial charge on any atom is 0.294 e. The smallest absolute Gasteiger partial charge is 0.294 e. The van der Waals surface area contributed by atoms with Crippen LogP contribution < -0.4 is 5.73 Å². The van der Waals surface area contributed by atoms with Gasteiger partial charge in [0, 0.05) is 0 Å². The van der Waals surface area contributed by atoms with Gasteiger partial charge in [-0.2, -0.15) is 13.5 Å². The molecule has 7 nitrogen and oxygen atoms in total. The molecule has 2 rings (SSSR count). The monoisotopic (exact) mass is 294 g/mol. The number of imidazole rings is 1. The molecule has 0 aliphatic heterocycles. The van der Waals surface area contributed by atoms with E-state index >= 15 is 0 Å². The second kappa shape index (κ2) is 5.06. The second-order valence-electron chi connectivity index (χ2n) is 4.33. The summed E-state index contributed by atoms with van der Waals surface area (Å²) in [7, 11) is -4.25. The van der Waals surface area contributed by atoms with Gasteiger partial charge in [0.1, 0.15) is 0 Å². The molecule has 1 aromatic carbocycles. The van der Waals surface area contributed by atoms with Crippen LogP contribution in [0.15, 0.2) is 34.4 Å². The Morgan fingerprint density at radius 3 is 2.65 bits per heavy atom.